The molecule has 0 amide bonds. The molecule has 2 N–H and O–H groups in total. The molecule has 2 rings (SSSR count). The summed E-state index contributed by atoms with van der Waals surface area (Å²) in [5.41, 5.74) is 0.547. The van der Waals surface area contributed by atoms with Crippen LogP contribution in [0.1, 0.15) is 0 Å². The maximum Gasteiger partial charge on any atom is 0.330 e. The molecule has 7 heteroatoms. The summed E-state index contributed by atoms with van der Waals surface area (Å²) in [7, 11) is -3.89. The van der Waals surface area contributed by atoms with Crippen molar-refractivity contribution in [2.24, 2.45) is 5.14 Å². The fourth-order valence-electron chi connectivity index (χ4n) is 1.31. The fraction of sp³-hybridized carbons (Fsp3) is 0.100. The van der Waals surface area contributed by atoms with Crippen LogP contribution in [0, 0.1) is 0 Å². The monoisotopic (exact) mass is 255 g/mol. The summed E-state index contributed by atoms with van der Waals surface area (Å²) in [5, 5.41) is 5.46. The van der Waals surface area contributed by atoms with Gasteiger partial charge in [0, 0.05) is 11.5 Å². The second kappa shape index (κ2) is 4.19. The van der Waals surface area contributed by atoms with Crippen LogP contribution in [-0.4, -0.2) is 20.1 Å². The van der Waals surface area contributed by atoms with E-state index in [-0.39, 0.29) is 5.95 Å². The van der Waals surface area contributed by atoms with Crippen LogP contribution in [-0.2, 0) is 14.8 Å². The van der Waals surface area contributed by atoms with Crippen molar-refractivity contribution in [2.75, 3.05) is 5.75 Å². The van der Waals surface area contributed by atoms with E-state index in [9.17, 15) is 13.2 Å². The van der Waals surface area contributed by atoms with Crippen LogP contribution in [0.5, 0.6) is 5.95 Å². The van der Waals surface area contributed by atoms with E-state index in [4.69, 9.17) is 14.3 Å². The van der Waals surface area contributed by atoms with E-state index >= 15 is 0 Å². The Morgan fingerprint density at radius 3 is 2.71 bits per heavy atom. The largest absolute Gasteiger partial charge is 0.425 e. The second-order valence-electron chi connectivity index (χ2n) is 3.38. The Balaban J connectivity index is 2.16. The summed E-state index contributed by atoms with van der Waals surface area (Å²) in [4.78, 5) is 11.2. The van der Waals surface area contributed by atoms with E-state index in [2.05, 4.69) is 0 Å². The van der Waals surface area contributed by atoms with Gasteiger partial charge in [-0.15, -0.1) is 0 Å². The van der Waals surface area contributed by atoms with Crippen LogP contribution in [0.15, 0.2) is 34.7 Å². The van der Waals surface area contributed by atoms with Crippen molar-refractivity contribution in [3.05, 3.63) is 30.3 Å². The molecule has 2 aromatic rings. The molecule has 0 atom stereocenters. The number of ether oxygens (including phenoxy) is 1. The molecule has 90 valence electrons. The summed E-state index contributed by atoms with van der Waals surface area (Å²) in [6.07, 6.45) is 0. The third-order valence-electron chi connectivity index (χ3n) is 1.94. The molecule has 0 aliphatic heterocycles. The minimum atomic E-state index is -3.89. The number of fused-ring (bicyclic) bond motifs is 1. The highest BCUT2D eigenvalue weighted by Crippen LogP contribution is 2.24. The van der Waals surface area contributed by atoms with Gasteiger partial charge < -0.3 is 9.15 Å². The highest BCUT2D eigenvalue weighted by molar-refractivity contribution is 7.89. The van der Waals surface area contributed by atoms with Gasteiger partial charge in [0.05, 0.1) is 0 Å². The van der Waals surface area contributed by atoms with Crippen LogP contribution in [0.2, 0.25) is 0 Å². The molecule has 0 bridgehead atoms. The van der Waals surface area contributed by atoms with Gasteiger partial charge in [-0.25, -0.2) is 13.6 Å². The first kappa shape index (κ1) is 11.6. The highest BCUT2D eigenvalue weighted by Gasteiger charge is 2.15. The molecule has 1 aromatic carbocycles. The first-order chi connectivity index (χ1) is 7.94. The number of rotatable bonds is 3. The number of esters is 1. The van der Waals surface area contributed by atoms with Crippen molar-refractivity contribution >= 4 is 27.0 Å². The summed E-state index contributed by atoms with van der Waals surface area (Å²) < 4.78 is 31.2. The molecule has 0 saturated heterocycles. The summed E-state index contributed by atoms with van der Waals surface area (Å²) in [6, 6.07) is 8.54. The third-order valence-corrected chi connectivity index (χ3v) is 2.57. The predicted molar refractivity (Wildman–Crippen MR) is 59.8 cm³/mol. The van der Waals surface area contributed by atoms with E-state index in [0.29, 0.717) is 5.58 Å². The number of furan rings is 1. The van der Waals surface area contributed by atoms with Gasteiger partial charge >= 0.3 is 5.97 Å². The van der Waals surface area contributed by atoms with Gasteiger partial charge in [-0.2, -0.15) is 0 Å². The molecule has 0 fully saturated rings. The number of para-hydroxylation sites is 1. The van der Waals surface area contributed by atoms with Crippen LogP contribution < -0.4 is 9.88 Å². The van der Waals surface area contributed by atoms with Crippen molar-refractivity contribution in [1.29, 1.82) is 0 Å². The SMILES string of the molecule is NS(=O)(=O)CC(=O)Oc1cc2ccccc2o1. The topological polar surface area (TPSA) is 99.6 Å². The molecule has 0 radical (unpaired) electrons. The minimum absolute atomic E-state index is 0.0557. The molecule has 0 aliphatic rings. The Hall–Kier alpha value is -1.86. The van der Waals surface area contributed by atoms with Crippen molar-refractivity contribution in [2.45, 2.75) is 0 Å². The molecule has 1 heterocycles. The van der Waals surface area contributed by atoms with Crippen molar-refractivity contribution in [3.8, 4) is 5.95 Å². The smallest absolute Gasteiger partial charge is 0.330 e. The molecule has 0 spiro atoms. The Kier molecular flexibility index (Phi) is 2.86. The first-order valence-electron chi connectivity index (χ1n) is 4.64. The number of primary sulfonamides is 1. The lowest BCUT2D eigenvalue weighted by Crippen LogP contribution is -2.26. The van der Waals surface area contributed by atoms with Crippen LogP contribution in [0.25, 0.3) is 11.0 Å². The molecule has 6 nitrogen and oxygen atoms in total. The van der Waals surface area contributed by atoms with E-state index in [1.54, 1.807) is 24.3 Å². The Morgan fingerprint density at radius 1 is 1.35 bits per heavy atom. The lowest BCUT2D eigenvalue weighted by Gasteiger charge is -1.98. The van der Waals surface area contributed by atoms with Crippen molar-refractivity contribution < 1.29 is 22.4 Å². The van der Waals surface area contributed by atoms with Gasteiger partial charge in [-0.05, 0) is 6.07 Å². The van der Waals surface area contributed by atoms with Gasteiger partial charge in [0.25, 0.3) is 5.95 Å². The lowest BCUT2D eigenvalue weighted by atomic mass is 10.3. The molecular formula is C10H9NO5S. The van der Waals surface area contributed by atoms with Gasteiger partial charge in [0.1, 0.15) is 5.58 Å². The lowest BCUT2D eigenvalue weighted by molar-refractivity contribution is -0.132. The number of hydrogen-bond acceptors (Lipinski definition) is 5. The van der Waals surface area contributed by atoms with E-state index in [0.717, 1.165) is 5.39 Å². The van der Waals surface area contributed by atoms with Crippen LogP contribution >= 0.6 is 0 Å². The molecule has 17 heavy (non-hydrogen) atoms. The van der Waals surface area contributed by atoms with Gasteiger partial charge in [0.2, 0.25) is 10.0 Å². The van der Waals surface area contributed by atoms with E-state index in [1.165, 1.54) is 6.07 Å². The Morgan fingerprint density at radius 2 is 2.06 bits per heavy atom. The average Bonchev–Trinajstić information content (AvgIpc) is 2.55. The van der Waals surface area contributed by atoms with Crippen LogP contribution in [0.4, 0.5) is 0 Å². The quantitative estimate of drug-likeness (QED) is 0.811. The zero-order valence-electron chi connectivity index (χ0n) is 8.62. The second-order valence-corrected chi connectivity index (χ2v) is 5.00. The molecule has 0 aliphatic carbocycles. The average molecular weight is 255 g/mol. The number of hydrogen-bond donors (Lipinski definition) is 1. The van der Waals surface area contributed by atoms with E-state index in [1.807, 2.05) is 0 Å². The summed E-state index contributed by atoms with van der Waals surface area (Å²) in [6.45, 7) is 0. The Bertz CT molecular complexity index is 625. The van der Waals surface area contributed by atoms with Crippen LogP contribution in [0.3, 0.4) is 0 Å². The van der Waals surface area contributed by atoms with Crippen molar-refractivity contribution in [1.82, 2.24) is 0 Å². The molecular weight excluding hydrogens is 246 g/mol. The number of benzene rings is 1. The minimum Gasteiger partial charge on any atom is -0.425 e. The standard InChI is InChI=1S/C10H9NO5S/c11-17(13,14)6-9(12)16-10-5-7-3-1-2-4-8(7)15-10/h1-5H,6H2,(H2,11,13,14). The maximum absolute atomic E-state index is 11.2. The van der Waals surface area contributed by atoms with Gasteiger partial charge in [0.15, 0.2) is 5.75 Å². The van der Waals surface area contributed by atoms with Crippen molar-refractivity contribution in [3.63, 3.8) is 0 Å². The van der Waals surface area contributed by atoms with Gasteiger partial charge in [-0.3, -0.25) is 4.79 Å². The third kappa shape index (κ3) is 3.05. The van der Waals surface area contributed by atoms with Gasteiger partial charge in [-0.1, -0.05) is 18.2 Å². The van der Waals surface area contributed by atoms with E-state index < -0.39 is 21.7 Å². The highest BCUT2D eigenvalue weighted by atomic mass is 32.2. The number of sulfonamides is 1. The Labute approximate surface area is 97.0 Å². The predicted octanol–water partition coefficient (Wildman–Crippen LogP) is 0.627. The first-order valence-corrected chi connectivity index (χ1v) is 6.35. The fourth-order valence-corrected chi connectivity index (χ4v) is 1.70. The summed E-state index contributed by atoms with van der Waals surface area (Å²) >= 11 is 0. The normalized spacial score (nSPS) is 11.6. The molecule has 1 aromatic heterocycles. The number of carbonyl (C=O) groups excluding carboxylic acids is 1. The molecule has 0 saturated carbocycles. The zero-order chi connectivity index (χ0) is 12.5. The molecule has 0 unspecified atom stereocenters. The summed E-state index contributed by atoms with van der Waals surface area (Å²) in [5.74, 6) is -1.92. The number of nitrogens with two attached hydrogens (primary N) is 1. The number of carbonyl (C=O) groups is 1. The zero-order valence-corrected chi connectivity index (χ0v) is 9.44. The maximum atomic E-state index is 11.2.